The van der Waals surface area contributed by atoms with Crippen molar-refractivity contribution in [2.24, 2.45) is 25.9 Å². The van der Waals surface area contributed by atoms with Crippen molar-refractivity contribution in [3.05, 3.63) is 81.4 Å². The predicted octanol–water partition coefficient (Wildman–Crippen LogP) is 5.57. The van der Waals surface area contributed by atoms with Crippen LogP contribution in [0, 0.1) is 18.8 Å². The van der Waals surface area contributed by atoms with Crippen molar-refractivity contribution < 1.29 is 19.5 Å². The number of benzene rings is 2. The molecule has 1 saturated carbocycles. The largest absolute Gasteiger partial charge is 0.481 e. The Labute approximate surface area is 302 Å². The van der Waals surface area contributed by atoms with E-state index in [1.54, 1.807) is 6.07 Å². The molecule has 4 heterocycles. The normalized spacial score (nSPS) is 18.9. The van der Waals surface area contributed by atoms with Crippen LogP contribution in [0.1, 0.15) is 81.7 Å². The summed E-state index contributed by atoms with van der Waals surface area (Å²) in [6.07, 6.45) is 6.17. The smallest absolute Gasteiger partial charge is 0.306 e. The lowest BCUT2D eigenvalue weighted by Crippen LogP contribution is -2.33. The van der Waals surface area contributed by atoms with Gasteiger partial charge in [0.25, 0.3) is 11.8 Å². The molecule has 1 aliphatic carbocycles. The first-order chi connectivity index (χ1) is 24.6. The van der Waals surface area contributed by atoms with Gasteiger partial charge in [-0.15, -0.1) is 0 Å². The highest BCUT2D eigenvalue weighted by Crippen LogP contribution is 2.38. The number of carbonyl (C=O) groups excluding carboxylic acids is 2. The summed E-state index contributed by atoms with van der Waals surface area (Å²) in [5, 5.41) is 19.0. The molecule has 13 heteroatoms. The van der Waals surface area contributed by atoms with Crippen LogP contribution in [0.2, 0.25) is 5.02 Å². The van der Waals surface area contributed by atoms with Gasteiger partial charge in [0.05, 0.1) is 28.0 Å². The lowest BCUT2D eigenvalue weighted by Gasteiger charge is -2.30. The number of carbonyl (C=O) groups is 3. The highest BCUT2D eigenvalue weighted by molar-refractivity contribution is 6.36. The van der Waals surface area contributed by atoms with Crippen molar-refractivity contribution in [1.29, 1.82) is 0 Å². The number of aromatic nitrogens is 4. The number of nitrogens with one attached hydrogen (secondary N) is 3. The average molecular weight is 713 g/mol. The molecule has 2 aromatic carbocycles. The molecule has 0 saturated heterocycles. The average Bonchev–Trinajstić information content (AvgIpc) is 3.65. The van der Waals surface area contributed by atoms with Gasteiger partial charge in [-0.25, -0.2) is 9.97 Å². The van der Waals surface area contributed by atoms with Gasteiger partial charge in [0.15, 0.2) is 11.6 Å². The van der Waals surface area contributed by atoms with E-state index in [1.165, 1.54) is 0 Å². The maximum absolute atomic E-state index is 13.7. The Bertz CT molecular complexity index is 1990. The molecule has 51 heavy (non-hydrogen) atoms. The van der Waals surface area contributed by atoms with Crippen molar-refractivity contribution >= 4 is 40.8 Å². The molecule has 268 valence electrons. The lowest BCUT2D eigenvalue weighted by atomic mass is 9.80. The number of aliphatic carboxylic acids is 1. The zero-order valence-electron chi connectivity index (χ0n) is 29.4. The fraction of sp³-hybridized carbons (Fsp3) is 0.447. The van der Waals surface area contributed by atoms with E-state index in [4.69, 9.17) is 16.6 Å². The number of hydrogen-bond donors (Lipinski definition) is 4. The number of carboxylic acids is 1. The molecule has 12 nitrogen and oxygen atoms in total. The Hall–Kier alpha value is -4.52. The molecule has 2 aliphatic heterocycles. The second-order valence-corrected chi connectivity index (χ2v) is 14.5. The quantitative estimate of drug-likeness (QED) is 0.176. The molecule has 0 unspecified atom stereocenters. The maximum atomic E-state index is 13.7. The van der Waals surface area contributed by atoms with Crippen LogP contribution in [0.4, 0.5) is 11.4 Å². The standard InChI is InChI=1S/C38H45ClN8O4/c1-22-25(6-4-8-27(22)43-36(48)34-41-29-20-40-17-14-31(29)45(34)2)26-7-5-9-28(33(26)39)44-37(49)35-42-30-21-47(19-16-32(30)46(35)3)18-15-23-10-12-24(13-11-23)38(50)51/h4-9,23-24,40H,10-21H2,1-3H3,(H,43,48)(H,44,49)(H,50,51)/t23-,24-. The van der Waals surface area contributed by atoms with Gasteiger partial charge in [0, 0.05) is 75.8 Å². The van der Waals surface area contributed by atoms with Crippen LogP contribution in [-0.2, 0) is 44.8 Å². The van der Waals surface area contributed by atoms with Gasteiger partial charge in [0.2, 0.25) is 0 Å². The van der Waals surface area contributed by atoms with Crippen LogP contribution in [0.5, 0.6) is 0 Å². The Morgan fingerprint density at radius 3 is 2.20 bits per heavy atom. The van der Waals surface area contributed by atoms with Crippen molar-refractivity contribution in [3.8, 4) is 11.1 Å². The van der Waals surface area contributed by atoms with Crippen LogP contribution in [-0.4, -0.2) is 66.5 Å². The van der Waals surface area contributed by atoms with Gasteiger partial charge >= 0.3 is 5.97 Å². The fourth-order valence-electron chi connectivity index (χ4n) is 7.95. The van der Waals surface area contributed by atoms with Crippen LogP contribution in [0.15, 0.2) is 36.4 Å². The first kappa shape index (κ1) is 34.9. The van der Waals surface area contributed by atoms with Gasteiger partial charge in [-0.05, 0) is 74.8 Å². The molecule has 2 aromatic heterocycles. The number of fused-ring (bicyclic) bond motifs is 2. The molecular formula is C38H45ClN8O4. The van der Waals surface area contributed by atoms with E-state index in [2.05, 4.69) is 25.8 Å². The summed E-state index contributed by atoms with van der Waals surface area (Å²) < 4.78 is 3.76. The highest BCUT2D eigenvalue weighted by atomic mass is 35.5. The Balaban J connectivity index is 1.02. The Morgan fingerprint density at radius 2 is 1.51 bits per heavy atom. The summed E-state index contributed by atoms with van der Waals surface area (Å²) >= 11 is 6.98. The fourth-order valence-corrected chi connectivity index (χ4v) is 8.23. The number of nitrogens with zero attached hydrogens (tertiary/aromatic N) is 5. The van der Waals surface area contributed by atoms with Crippen molar-refractivity contribution in [2.75, 3.05) is 30.3 Å². The molecule has 0 spiro atoms. The number of imidazole rings is 2. The predicted molar refractivity (Wildman–Crippen MR) is 196 cm³/mol. The monoisotopic (exact) mass is 712 g/mol. The van der Waals surface area contributed by atoms with Crippen molar-refractivity contribution in [1.82, 2.24) is 29.3 Å². The SMILES string of the molecule is Cc1c(NC(=O)c2nc3c(n2C)CCNC3)cccc1-c1cccc(NC(=O)c2nc3c(n2C)CCN(CC[C@H]2CC[C@H](C(=O)O)CC2)C3)c1Cl. The van der Waals surface area contributed by atoms with Crippen LogP contribution in [0.3, 0.4) is 0 Å². The van der Waals surface area contributed by atoms with E-state index in [0.29, 0.717) is 47.1 Å². The number of halogens is 1. The van der Waals surface area contributed by atoms with E-state index < -0.39 is 5.97 Å². The van der Waals surface area contributed by atoms with Crippen LogP contribution in [0.25, 0.3) is 11.1 Å². The molecule has 1 fully saturated rings. The number of anilines is 2. The van der Waals surface area contributed by atoms with Crippen molar-refractivity contribution in [2.45, 2.75) is 65.0 Å². The number of rotatable bonds is 9. The summed E-state index contributed by atoms with van der Waals surface area (Å²) in [5.41, 5.74) is 7.49. The van der Waals surface area contributed by atoms with E-state index in [9.17, 15) is 19.5 Å². The maximum Gasteiger partial charge on any atom is 0.306 e. The van der Waals surface area contributed by atoms with E-state index >= 15 is 0 Å². The third kappa shape index (κ3) is 7.04. The van der Waals surface area contributed by atoms with E-state index in [1.807, 2.05) is 60.5 Å². The van der Waals surface area contributed by atoms with Gasteiger partial charge in [0.1, 0.15) is 0 Å². The topological polar surface area (TPSA) is 146 Å². The summed E-state index contributed by atoms with van der Waals surface area (Å²) in [5.74, 6) is -0.197. The minimum atomic E-state index is -0.665. The first-order valence-corrected chi connectivity index (χ1v) is 18.2. The second-order valence-electron chi connectivity index (χ2n) is 14.1. The Kier molecular flexibility index (Phi) is 10.00. The molecule has 3 aliphatic rings. The minimum Gasteiger partial charge on any atom is -0.481 e. The number of carboxylic acid groups (broad SMARTS) is 1. The highest BCUT2D eigenvalue weighted by Gasteiger charge is 2.29. The van der Waals surface area contributed by atoms with Crippen LogP contribution >= 0.6 is 11.6 Å². The molecule has 0 bridgehead atoms. The van der Waals surface area contributed by atoms with E-state index in [-0.39, 0.29) is 17.7 Å². The summed E-state index contributed by atoms with van der Waals surface area (Å²) in [7, 11) is 3.76. The number of amides is 2. The zero-order valence-corrected chi connectivity index (χ0v) is 30.1. The molecule has 0 atom stereocenters. The summed E-state index contributed by atoms with van der Waals surface area (Å²) in [6, 6.07) is 11.2. The molecular weight excluding hydrogens is 668 g/mol. The third-order valence-corrected chi connectivity index (χ3v) is 11.4. The second kappa shape index (κ2) is 14.6. The minimum absolute atomic E-state index is 0.189. The molecule has 0 radical (unpaired) electrons. The van der Waals surface area contributed by atoms with Gasteiger partial charge in [-0.2, -0.15) is 0 Å². The van der Waals surface area contributed by atoms with Gasteiger partial charge in [-0.1, -0.05) is 35.9 Å². The van der Waals surface area contributed by atoms with Gasteiger partial charge < -0.3 is 30.2 Å². The Morgan fingerprint density at radius 1 is 0.882 bits per heavy atom. The molecule has 4 N–H and O–H groups in total. The first-order valence-electron chi connectivity index (χ1n) is 17.8. The van der Waals surface area contributed by atoms with E-state index in [0.717, 1.165) is 104 Å². The van der Waals surface area contributed by atoms with Crippen molar-refractivity contribution in [3.63, 3.8) is 0 Å². The number of hydrogen-bond acceptors (Lipinski definition) is 7. The molecule has 4 aromatic rings. The molecule has 2 amide bonds. The lowest BCUT2D eigenvalue weighted by molar-refractivity contribution is -0.143. The zero-order chi connectivity index (χ0) is 35.8. The third-order valence-electron chi connectivity index (χ3n) is 11.0. The molecule has 7 rings (SSSR count). The van der Waals surface area contributed by atoms with Crippen LogP contribution < -0.4 is 16.0 Å². The summed E-state index contributed by atoms with van der Waals surface area (Å²) in [4.78, 5) is 50.1. The summed E-state index contributed by atoms with van der Waals surface area (Å²) in [6.45, 7) is 5.97. The van der Waals surface area contributed by atoms with Gasteiger partial charge in [-0.3, -0.25) is 19.3 Å².